The van der Waals surface area contributed by atoms with Crippen molar-refractivity contribution in [1.29, 1.82) is 0 Å². The molecule has 0 spiro atoms. The predicted molar refractivity (Wildman–Crippen MR) is 103 cm³/mol. The average Bonchev–Trinajstić information content (AvgIpc) is 2.59. The van der Waals surface area contributed by atoms with Crippen molar-refractivity contribution < 1.29 is 4.79 Å². The number of nitrogens with one attached hydrogen (secondary N) is 1. The van der Waals surface area contributed by atoms with Gasteiger partial charge in [0, 0.05) is 18.7 Å². The van der Waals surface area contributed by atoms with E-state index in [1.165, 1.54) is 5.56 Å². The number of carbonyl (C=O) groups is 1. The number of nitrogens with zero attached hydrogens (tertiary/aromatic N) is 1. The van der Waals surface area contributed by atoms with E-state index in [0.29, 0.717) is 22.0 Å². The Morgan fingerprint density at radius 1 is 1.12 bits per heavy atom. The fourth-order valence-electron chi connectivity index (χ4n) is 2.60. The van der Waals surface area contributed by atoms with Gasteiger partial charge in [0.15, 0.2) is 0 Å². The minimum atomic E-state index is -0.185. The quantitative estimate of drug-likeness (QED) is 0.753. The lowest BCUT2D eigenvalue weighted by atomic mass is 10.1. The van der Waals surface area contributed by atoms with Crippen molar-refractivity contribution in [2.45, 2.75) is 27.2 Å². The van der Waals surface area contributed by atoms with Gasteiger partial charge in [-0.05, 0) is 50.1 Å². The zero-order valence-electron chi connectivity index (χ0n) is 14.4. The first kappa shape index (κ1) is 18.1. The molecule has 24 heavy (non-hydrogen) atoms. The first-order chi connectivity index (χ1) is 11.5. The van der Waals surface area contributed by atoms with Gasteiger partial charge in [0.05, 0.1) is 22.1 Å². The van der Waals surface area contributed by atoms with Crippen LogP contribution in [0.5, 0.6) is 0 Å². The van der Waals surface area contributed by atoms with Gasteiger partial charge in [-0.25, -0.2) is 0 Å². The van der Waals surface area contributed by atoms with Gasteiger partial charge in [-0.2, -0.15) is 0 Å². The van der Waals surface area contributed by atoms with Gasteiger partial charge in [0.25, 0.3) is 5.91 Å². The molecule has 0 atom stereocenters. The van der Waals surface area contributed by atoms with E-state index in [1.807, 2.05) is 30.3 Å². The fraction of sp³-hybridized carbons (Fsp3) is 0.316. The van der Waals surface area contributed by atoms with Crippen LogP contribution in [0.15, 0.2) is 36.4 Å². The minimum Gasteiger partial charge on any atom is -0.397 e. The van der Waals surface area contributed by atoms with E-state index in [0.717, 1.165) is 25.2 Å². The minimum absolute atomic E-state index is 0.185. The number of halogens is 1. The Kier molecular flexibility index (Phi) is 6.10. The molecule has 2 rings (SSSR count). The summed E-state index contributed by atoms with van der Waals surface area (Å²) in [6, 6.07) is 11.1. The van der Waals surface area contributed by atoms with Crippen molar-refractivity contribution in [2.75, 3.05) is 29.0 Å². The van der Waals surface area contributed by atoms with Gasteiger partial charge < -0.3 is 16.0 Å². The Labute approximate surface area is 148 Å². The molecule has 5 heteroatoms. The highest BCUT2D eigenvalue weighted by atomic mass is 35.5. The summed E-state index contributed by atoms with van der Waals surface area (Å²) in [6.45, 7) is 7.86. The molecule has 0 saturated heterocycles. The third kappa shape index (κ3) is 4.01. The lowest BCUT2D eigenvalue weighted by Crippen LogP contribution is -2.23. The molecule has 0 aliphatic carbocycles. The molecule has 1 amide bonds. The van der Waals surface area contributed by atoms with Crippen LogP contribution in [0.4, 0.5) is 17.1 Å². The van der Waals surface area contributed by atoms with E-state index >= 15 is 0 Å². The van der Waals surface area contributed by atoms with Gasteiger partial charge in [-0.1, -0.05) is 30.7 Å². The monoisotopic (exact) mass is 345 g/mol. The largest absolute Gasteiger partial charge is 0.397 e. The fourth-order valence-corrected chi connectivity index (χ4v) is 2.82. The van der Waals surface area contributed by atoms with Crippen molar-refractivity contribution in [2.24, 2.45) is 0 Å². The number of benzene rings is 2. The van der Waals surface area contributed by atoms with E-state index < -0.39 is 0 Å². The number of rotatable bonds is 6. The van der Waals surface area contributed by atoms with Gasteiger partial charge in [0.2, 0.25) is 0 Å². The summed E-state index contributed by atoms with van der Waals surface area (Å²) in [5, 5.41) is 3.31. The topological polar surface area (TPSA) is 58.4 Å². The van der Waals surface area contributed by atoms with Crippen LogP contribution >= 0.6 is 11.6 Å². The summed E-state index contributed by atoms with van der Waals surface area (Å²) in [5.41, 5.74) is 9.92. The summed E-state index contributed by atoms with van der Waals surface area (Å²) < 4.78 is 0. The predicted octanol–water partition coefficient (Wildman–Crippen LogP) is 4.58. The lowest BCUT2D eigenvalue weighted by Gasteiger charge is -2.24. The van der Waals surface area contributed by atoms with Crippen molar-refractivity contribution >= 4 is 34.6 Å². The van der Waals surface area contributed by atoms with E-state index in [4.69, 9.17) is 17.3 Å². The molecule has 0 heterocycles. The van der Waals surface area contributed by atoms with Gasteiger partial charge >= 0.3 is 0 Å². The van der Waals surface area contributed by atoms with Gasteiger partial charge in [0.1, 0.15) is 0 Å². The molecule has 0 aliphatic heterocycles. The van der Waals surface area contributed by atoms with Crippen LogP contribution < -0.4 is 16.0 Å². The summed E-state index contributed by atoms with van der Waals surface area (Å²) in [5.74, 6) is -0.185. The second-order valence-electron chi connectivity index (χ2n) is 5.57. The highest BCUT2D eigenvalue weighted by Crippen LogP contribution is 2.33. The lowest BCUT2D eigenvalue weighted by molar-refractivity contribution is 0.102. The summed E-state index contributed by atoms with van der Waals surface area (Å²) >= 11 is 6.26. The second-order valence-corrected chi connectivity index (χ2v) is 5.97. The first-order valence-corrected chi connectivity index (χ1v) is 8.62. The molecule has 0 aromatic heterocycles. The maximum Gasteiger partial charge on any atom is 0.255 e. The average molecular weight is 346 g/mol. The second kappa shape index (κ2) is 8.06. The number of nitrogen functional groups attached to an aromatic ring is 1. The van der Waals surface area contributed by atoms with Crippen LogP contribution in [0.3, 0.4) is 0 Å². The molecule has 0 saturated carbocycles. The third-order valence-electron chi connectivity index (χ3n) is 4.09. The van der Waals surface area contributed by atoms with Crippen LogP contribution in [0.2, 0.25) is 5.02 Å². The molecule has 4 nitrogen and oxygen atoms in total. The molecule has 3 N–H and O–H groups in total. The summed E-state index contributed by atoms with van der Waals surface area (Å²) in [4.78, 5) is 14.6. The van der Waals surface area contributed by atoms with Gasteiger partial charge in [-0.15, -0.1) is 0 Å². The number of aryl methyl sites for hydroxylation is 1. The maximum absolute atomic E-state index is 12.5. The van der Waals surface area contributed by atoms with Crippen molar-refractivity contribution in [3.8, 4) is 0 Å². The van der Waals surface area contributed by atoms with E-state index in [9.17, 15) is 4.79 Å². The molecule has 0 aliphatic rings. The maximum atomic E-state index is 12.5. The number of anilines is 3. The Balaban J connectivity index is 2.27. The molecule has 0 bridgehead atoms. The zero-order chi connectivity index (χ0) is 17.7. The molecule has 2 aromatic carbocycles. The van der Waals surface area contributed by atoms with Crippen molar-refractivity contribution in [3.05, 3.63) is 52.5 Å². The number of carbonyl (C=O) groups excluding carboxylic acids is 1. The summed E-state index contributed by atoms with van der Waals surface area (Å²) in [7, 11) is 0. The zero-order valence-corrected chi connectivity index (χ0v) is 15.2. The Morgan fingerprint density at radius 3 is 2.29 bits per heavy atom. The van der Waals surface area contributed by atoms with Gasteiger partial charge in [-0.3, -0.25) is 4.79 Å². The Hall–Kier alpha value is -2.20. The van der Waals surface area contributed by atoms with Crippen LogP contribution in [0, 0.1) is 0 Å². The van der Waals surface area contributed by atoms with Crippen molar-refractivity contribution in [3.63, 3.8) is 0 Å². The number of hydrogen-bond acceptors (Lipinski definition) is 3. The molecular formula is C19H24ClN3O. The van der Waals surface area contributed by atoms with E-state index in [2.05, 4.69) is 31.0 Å². The standard InChI is InChI=1S/C19H24ClN3O/c1-4-13-7-9-14(10-8-13)19(24)22-17-12-18(23(5-2)6-3)16(21)11-15(17)20/h7-12H,4-6,21H2,1-3H3,(H,22,24). The highest BCUT2D eigenvalue weighted by molar-refractivity contribution is 6.34. The Morgan fingerprint density at radius 2 is 1.75 bits per heavy atom. The van der Waals surface area contributed by atoms with E-state index in [-0.39, 0.29) is 5.91 Å². The number of nitrogens with two attached hydrogens (primary N) is 1. The highest BCUT2D eigenvalue weighted by Gasteiger charge is 2.14. The first-order valence-electron chi connectivity index (χ1n) is 8.24. The van der Waals surface area contributed by atoms with Crippen molar-refractivity contribution in [1.82, 2.24) is 0 Å². The number of hydrogen-bond donors (Lipinski definition) is 2. The van der Waals surface area contributed by atoms with E-state index in [1.54, 1.807) is 6.07 Å². The normalized spacial score (nSPS) is 10.5. The molecule has 0 radical (unpaired) electrons. The third-order valence-corrected chi connectivity index (χ3v) is 4.41. The van der Waals surface area contributed by atoms with Crippen LogP contribution in [-0.2, 0) is 6.42 Å². The Bertz CT molecular complexity index is 709. The SMILES string of the molecule is CCc1ccc(C(=O)Nc2cc(N(CC)CC)c(N)cc2Cl)cc1. The summed E-state index contributed by atoms with van der Waals surface area (Å²) in [6.07, 6.45) is 0.943. The van der Waals surface area contributed by atoms with Crippen LogP contribution in [0.25, 0.3) is 0 Å². The number of amides is 1. The smallest absolute Gasteiger partial charge is 0.255 e. The molecule has 2 aromatic rings. The molecule has 0 unspecified atom stereocenters. The van der Waals surface area contributed by atoms with Crippen LogP contribution in [0.1, 0.15) is 36.7 Å². The molecule has 128 valence electrons. The van der Waals surface area contributed by atoms with Crippen LogP contribution in [-0.4, -0.2) is 19.0 Å². The molecule has 0 fully saturated rings. The molecular weight excluding hydrogens is 322 g/mol.